The molecule has 0 spiro atoms. The Balaban J connectivity index is 1.41. The lowest BCUT2D eigenvalue weighted by atomic mass is 10.0. The van der Waals surface area contributed by atoms with E-state index < -0.39 is 18.1 Å². The molecule has 4 heterocycles. The second-order valence-corrected chi connectivity index (χ2v) is 9.27. The maximum absolute atomic E-state index is 13.0. The number of halogens is 3. The van der Waals surface area contributed by atoms with Crippen LogP contribution in [0.5, 0.6) is 0 Å². The van der Waals surface area contributed by atoms with Crippen molar-refractivity contribution in [1.29, 1.82) is 0 Å². The normalized spacial score (nSPS) is 16.2. The van der Waals surface area contributed by atoms with Gasteiger partial charge in [0.15, 0.2) is 0 Å². The molecule has 0 radical (unpaired) electrons. The van der Waals surface area contributed by atoms with E-state index >= 15 is 0 Å². The summed E-state index contributed by atoms with van der Waals surface area (Å²) in [4.78, 5) is 35.5. The SMILES string of the molecule is O=C1NCCc2c1cc(-c1ccnc(C=Cc3ccccc3CCN3CCOCC3)c1)n2OC(=O)C(F)(F)F. The third kappa shape index (κ3) is 6.21. The number of pyridine rings is 1. The number of nitrogens with zero attached hydrogens (tertiary/aromatic N) is 3. The number of amides is 1. The first-order chi connectivity index (χ1) is 18.8. The van der Waals surface area contributed by atoms with Gasteiger partial charge in [-0.2, -0.15) is 17.9 Å². The molecular formula is C28H27F3N4O4. The maximum atomic E-state index is 13.0. The summed E-state index contributed by atoms with van der Waals surface area (Å²) >= 11 is 0. The molecule has 1 N–H and O–H groups in total. The van der Waals surface area contributed by atoms with E-state index in [4.69, 9.17) is 9.57 Å². The topological polar surface area (TPSA) is 85.7 Å². The van der Waals surface area contributed by atoms with Crippen molar-refractivity contribution < 1.29 is 32.3 Å². The van der Waals surface area contributed by atoms with E-state index in [9.17, 15) is 22.8 Å². The summed E-state index contributed by atoms with van der Waals surface area (Å²) < 4.78 is 45.3. The summed E-state index contributed by atoms with van der Waals surface area (Å²) in [7, 11) is 0. The predicted molar refractivity (Wildman–Crippen MR) is 138 cm³/mol. The summed E-state index contributed by atoms with van der Waals surface area (Å²) in [5, 5.41) is 2.65. The summed E-state index contributed by atoms with van der Waals surface area (Å²) in [5.41, 5.74) is 3.73. The Labute approximate surface area is 223 Å². The highest BCUT2D eigenvalue weighted by atomic mass is 19.4. The minimum absolute atomic E-state index is 0.151. The molecule has 1 saturated heterocycles. The number of aromatic nitrogens is 2. The Bertz CT molecular complexity index is 1390. The van der Waals surface area contributed by atoms with Gasteiger partial charge >= 0.3 is 12.1 Å². The van der Waals surface area contributed by atoms with Gasteiger partial charge in [0.2, 0.25) is 0 Å². The summed E-state index contributed by atoms with van der Waals surface area (Å²) in [6, 6.07) is 12.7. The van der Waals surface area contributed by atoms with Crippen molar-refractivity contribution >= 4 is 24.0 Å². The fraction of sp³-hybridized carbons (Fsp3) is 0.321. The second-order valence-electron chi connectivity index (χ2n) is 9.27. The number of alkyl halides is 3. The van der Waals surface area contributed by atoms with E-state index in [-0.39, 0.29) is 29.9 Å². The molecule has 1 fully saturated rings. The van der Waals surface area contributed by atoms with Gasteiger partial charge < -0.3 is 14.9 Å². The molecule has 0 bridgehead atoms. The molecular weight excluding hydrogens is 513 g/mol. The lowest BCUT2D eigenvalue weighted by molar-refractivity contribution is -0.199. The molecule has 2 aromatic heterocycles. The van der Waals surface area contributed by atoms with Crippen LogP contribution in [0.25, 0.3) is 23.4 Å². The number of morpholine rings is 1. The third-order valence-corrected chi connectivity index (χ3v) is 6.72. The van der Waals surface area contributed by atoms with E-state index in [2.05, 4.69) is 21.3 Å². The molecule has 2 aliphatic rings. The largest absolute Gasteiger partial charge is 0.493 e. The van der Waals surface area contributed by atoms with Crippen LogP contribution in [0.3, 0.4) is 0 Å². The highest BCUT2D eigenvalue weighted by Gasteiger charge is 2.43. The predicted octanol–water partition coefficient (Wildman–Crippen LogP) is 3.40. The number of carbonyl (C=O) groups excluding carboxylic acids is 2. The van der Waals surface area contributed by atoms with Crippen molar-refractivity contribution in [3.8, 4) is 11.3 Å². The Morgan fingerprint density at radius 2 is 1.92 bits per heavy atom. The molecule has 5 rings (SSSR count). The Morgan fingerprint density at radius 3 is 2.72 bits per heavy atom. The van der Waals surface area contributed by atoms with Gasteiger partial charge in [-0.05, 0) is 41.8 Å². The van der Waals surface area contributed by atoms with Crippen molar-refractivity contribution in [1.82, 2.24) is 19.9 Å². The third-order valence-electron chi connectivity index (χ3n) is 6.72. The molecule has 39 heavy (non-hydrogen) atoms. The number of hydrogen-bond acceptors (Lipinski definition) is 6. The molecule has 0 unspecified atom stereocenters. The van der Waals surface area contributed by atoms with E-state index in [0.717, 1.165) is 49.6 Å². The van der Waals surface area contributed by atoms with Gasteiger partial charge in [0.05, 0.1) is 35.9 Å². The van der Waals surface area contributed by atoms with Crippen molar-refractivity contribution in [2.75, 3.05) is 39.4 Å². The van der Waals surface area contributed by atoms with Gasteiger partial charge in [0, 0.05) is 44.4 Å². The molecule has 204 valence electrons. The fourth-order valence-electron chi connectivity index (χ4n) is 4.70. The first-order valence-corrected chi connectivity index (χ1v) is 12.6. The van der Waals surface area contributed by atoms with Crippen LogP contribution in [0, 0.1) is 0 Å². The molecule has 0 atom stereocenters. The van der Waals surface area contributed by atoms with Gasteiger partial charge in [-0.1, -0.05) is 30.3 Å². The van der Waals surface area contributed by atoms with Crippen LogP contribution in [-0.2, 0) is 22.4 Å². The van der Waals surface area contributed by atoms with Crippen molar-refractivity contribution in [3.05, 3.63) is 76.7 Å². The Hall–Kier alpha value is -3.96. The minimum Gasteiger partial charge on any atom is -0.379 e. The number of ether oxygens (including phenoxy) is 1. The lowest BCUT2D eigenvalue weighted by Crippen LogP contribution is -2.37. The number of hydrogen-bond donors (Lipinski definition) is 1. The first-order valence-electron chi connectivity index (χ1n) is 12.6. The Kier molecular flexibility index (Phi) is 7.80. The fourth-order valence-corrected chi connectivity index (χ4v) is 4.70. The van der Waals surface area contributed by atoms with Crippen LogP contribution in [0.4, 0.5) is 13.2 Å². The highest BCUT2D eigenvalue weighted by Crippen LogP contribution is 2.29. The summed E-state index contributed by atoms with van der Waals surface area (Å²) in [6.07, 6.45) is 1.18. The highest BCUT2D eigenvalue weighted by molar-refractivity contribution is 5.98. The number of carbonyl (C=O) groups is 2. The van der Waals surface area contributed by atoms with Crippen molar-refractivity contribution in [3.63, 3.8) is 0 Å². The van der Waals surface area contributed by atoms with Crippen LogP contribution in [0.15, 0.2) is 48.7 Å². The van der Waals surface area contributed by atoms with Crippen LogP contribution in [0.2, 0.25) is 0 Å². The van der Waals surface area contributed by atoms with E-state index in [1.807, 2.05) is 30.4 Å². The van der Waals surface area contributed by atoms with Gasteiger partial charge in [-0.3, -0.25) is 14.7 Å². The molecule has 3 aromatic rings. The molecule has 1 aromatic carbocycles. The summed E-state index contributed by atoms with van der Waals surface area (Å²) in [5.74, 6) is -2.81. The molecule has 0 aliphatic carbocycles. The van der Waals surface area contributed by atoms with E-state index in [1.165, 1.54) is 17.8 Å². The summed E-state index contributed by atoms with van der Waals surface area (Å²) in [6.45, 7) is 4.47. The Morgan fingerprint density at radius 1 is 1.13 bits per heavy atom. The van der Waals surface area contributed by atoms with Crippen molar-refractivity contribution in [2.45, 2.75) is 19.0 Å². The lowest BCUT2D eigenvalue weighted by Gasteiger charge is -2.26. The van der Waals surface area contributed by atoms with Gasteiger partial charge in [-0.15, -0.1) is 0 Å². The first kappa shape index (κ1) is 26.6. The van der Waals surface area contributed by atoms with Crippen LogP contribution >= 0.6 is 0 Å². The molecule has 8 nitrogen and oxygen atoms in total. The van der Waals surface area contributed by atoms with Gasteiger partial charge in [0.1, 0.15) is 0 Å². The van der Waals surface area contributed by atoms with Gasteiger partial charge in [0.25, 0.3) is 5.91 Å². The maximum Gasteiger partial charge on any atom is 0.493 e. The zero-order valence-corrected chi connectivity index (χ0v) is 21.0. The van der Waals surface area contributed by atoms with Crippen LogP contribution in [-0.4, -0.2) is 72.1 Å². The molecule has 2 aliphatic heterocycles. The van der Waals surface area contributed by atoms with Gasteiger partial charge in [-0.25, -0.2) is 4.79 Å². The number of benzene rings is 1. The van der Waals surface area contributed by atoms with Crippen LogP contribution < -0.4 is 10.2 Å². The molecule has 11 heteroatoms. The van der Waals surface area contributed by atoms with Crippen LogP contribution in [0.1, 0.15) is 32.9 Å². The minimum atomic E-state index is -5.19. The molecule has 0 saturated carbocycles. The van der Waals surface area contributed by atoms with Crippen molar-refractivity contribution in [2.24, 2.45) is 0 Å². The quantitative estimate of drug-likeness (QED) is 0.495. The zero-order valence-electron chi connectivity index (χ0n) is 21.0. The average Bonchev–Trinajstić information content (AvgIpc) is 3.31. The van der Waals surface area contributed by atoms with E-state index in [0.29, 0.717) is 11.3 Å². The monoisotopic (exact) mass is 540 g/mol. The zero-order chi connectivity index (χ0) is 27.4. The molecule has 1 amide bonds. The number of nitrogens with one attached hydrogen (secondary N) is 1. The average molecular weight is 541 g/mol. The number of rotatable bonds is 7. The second kappa shape index (κ2) is 11.4. The smallest absolute Gasteiger partial charge is 0.379 e. The number of fused-ring (bicyclic) bond motifs is 1. The van der Waals surface area contributed by atoms with E-state index in [1.54, 1.807) is 12.1 Å². The standard InChI is InChI=1S/C28H27F3N4O4/c29-28(30,31)27(37)39-35-24-8-11-33-26(36)23(24)18-25(35)21-7-10-32-22(17-21)6-5-19-3-1-2-4-20(19)9-12-34-13-15-38-16-14-34/h1-7,10,17-18H,8-9,11-16H2,(H,33,36).